The van der Waals surface area contributed by atoms with Gasteiger partial charge >= 0.3 is 0 Å². The lowest BCUT2D eigenvalue weighted by atomic mass is 10.00. The molecule has 0 saturated heterocycles. The van der Waals surface area contributed by atoms with Crippen LogP contribution in [0.3, 0.4) is 0 Å². The van der Waals surface area contributed by atoms with Gasteiger partial charge in [0.05, 0.1) is 11.4 Å². The lowest BCUT2D eigenvalue weighted by molar-refractivity contribution is -0.127. The van der Waals surface area contributed by atoms with Crippen LogP contribution in [0.15, 0.2) is 63.8 Å². The van der Waals surface area contributed by atoms with Crippen LogP contribution < -0.4 is 16.5 Å². The number of fused-ring (bicyclic) bond motifs is 1. The van der Waals surface area contributed by atoms with Crippen molar-refractivity contribution in [3.05, 3.63) is 81.7 Å². The molecule has 0 unspecified atom stereocenters. The largest absolute Gasteiger partial charge is 0.450 e. The van der Waals surface area contributed by atoms with Gasteiger partial charge in [0, 0.05) is 5.56 Å². The SMILES string of the molecule is CCc1c(C(=O)N[C@@H](Cc2ccccc2)[C@@H](O)C(N)=O)oc2ccccc2c1=O. The molecule has 7 heteroatoms. The van der Waals surface area contributed by atoms with Gasteiger partial charge in [-0.05, 0) is 30.5 Å². The van der Waals surface area contributed by atoms with E-state index in [1.807, 2.05) is 18.2 Å². The number of primary amides is 1. The van der Waals surface area contributed by atoms with E-state index < -0.39 is 24.0 Å². The molecule has 0 aliphatic carbocycles. The van der Waals surface area contributed by atoms with Crippen LogP contribution >= 0.6 is 0 Å². The Morgan fingerprint density at radius 2 is 1.76 bits per heavy atom. The van der Waals surface area contributed by atoms with Crippen molar-refractivity contribution in [2.75, 3.05) is 0 Å². The van der Waals surface area contributed by atoms with Crippen LogP contribution in [0.1, 0.15) is 28.6 Å². The molecule has 0 aliphatic rings. The molecule has 7 nitrogen and oxygen atoms in total. The van der Waals surface area contributed by atoms with E-state index in [1.165, 1.54) is 0 Å². The van der Waals surface area contributed by atoms with Gasteiger partial charge in [-0.3, -0.25) is 14.4 Å². The zero-order valence-corrected chi connectivity index (χ0v) is 15.9. The summed E-state index contributed by atoms with van der Waals surface area (Å²) >= 11 is 0. The number of nitrogens with one attached hydrogen (secondary N) is 1. The Balaban J connectivity index is 1.97. The van der Waals surface area contributed by atoms with E-state index in [-0.39, 0.29) is 35.2 Å². The second-order valence-corrected chi connectivity index (χ2v) is 6.71. The number of benzene rings is 2. The highest BCUT2D eigenvalue weighted by Gasteiger charge is 2.29. The molecule has 0 fully saturated rings. The highest BCUT2D eigenvalue weighted by atomic mass is 16.3. The fourth-order valence-electron chi connectivity index (χ4n) is 3.23. The van der Waals surface area contributed by atoms with Crippen LogP contribution in [0.5, 0.6) is 0 Å². The fourth-order valence-corrected chi connectivity index (χ4v) is 3.23. The van der Waals surface area contributed by atoms with Crippen molar-refractivity contribution in [2.24, 2.45) is 5.73 Å². The summed E-state index contributed by atoms with van der Waals surface area (Å²) < 4.78 is 5.71. The van der Waals surface area contributed by atoms with E-state index in [4.69, 9.17) is 10.2 Å². The maximum atomic E-state index is 12.9. The summed E-state index contributed by atoms with van der Waals surface area (Å²) in [6.07, 6.45) is -1.13. The van der Waals surface area contributed by atoms with Gasteiger partial charge in [0.1, 0.15) is 5.58 Å². The Hall–Kier alpha value is -3.45. The van der Waals surface area contributed by atoms with Crippen LogP contribution in [-0.2, 0) is 17.6 Å². The van der Waals surface area contributed by atoms with Crippen molar-refractivity contribution < 1.29 is 19.1 Å². The minimum Gasteiger partial charge on any atom is -0.450 e. The molecule has 2 amide bonds. The summed E-state index contributed by atoms with van der Waals surface area (Å²) in [5, 5.41) is 13.2. The average Bonchev–Trinajstić information content (AvgIpc) is 2.73. The minimum atomic E-state index is -1.60. The summed E-state index contributed by atoms with van der Waals surface area (Å²) in [7, 11) is 0. The number of amides is 2. The van der Waals surface area contributed by atoms with Gasteiger partial charge in [-0.15, -0.1) is 0 Å². The zero-order valence-electron chi connectivity index (χ0n) is 15.9. The molecule has 0 radical (unpaired) electrons. The average molecular weight is 394 g/mol. The number of aliphatic hydroxyl groups is 1. The molecular formula is C22H22N2O5. The number of carbonyl (C=O) groups is 2. The third-order valence-corrected chi connectivity index (χ3v) is 4.74. The monoisotopic (exact) mass is 394 g/mol. The maximum Gasteiger partial charge on any atom is 0.287 e. The molecule has 3 rings (SSSR count). The Bertz CT molecular complexity index is 1090. The molecule has 0 aliphatic heterocycles. The van der Waals surface area contributed by atoms with Gasteiger partial charge < -0.3 is 20.6 Å². The number of nitrogens with two attached hydrogens (primary N) is 1. The third kappa shape index (κ3) is 4.35. The van der Waals surface area contributed by atoms with Crippen LogP contribution in [0.2, 0.25) is 0 Å². The predicted octanol–water partition coefficient (Wildman–Crippen LogP) is 1.54. The first-order chi connectivity index (χ1) is 13.9. The second-order valence-electron chi connectivity index (χ2n) is 6.71. The number of hydrogen-bond acceptors (Lipinski definition) is 5. The molecule has 1 heterocycles. The van der Waals surface area contributed by atoms with E-state index in [0.29, 0.717) is 5.39 Å². The van der Waals surface area contributed by atoms with Gasteiger partial charge in [0.25, 0.3) is 5.91 Å². The van der Waals surface area contributed by atoms with E-state index in [2.05, 4.69) is 5.32 Å². The second kappa shape index (κ2) is 8.70. The molecule has 2 aromatic carbocycles. The summed E-state index contributed by atoms with van der Waals surface area (Å²) in [4.78, 5) is 37.2. The van der Waals surface area contributed by atoms with Crippen molar-refractivity contribution in [3.63, 3.8) is 0 Å². The van der Waals surface area contributed by atoms with Crippen LogP contribution in [0, 0.1) is 0 Å². The van der Waals surface area contributed by atoms with Crippen molar-refractivity contribution in [3.8, 4) is 0 Å². The molecule has 0 saturated carbocycles. The van der Waals surface area contributed by atoms with Crippen molar-refractivity contribution in [1.29, 1.82) is 0 Å². The molecule has 3 aromatic rings. The Kier molecular flexibility index (Phi) is 6.09. The topological polar surface area (TPSA) is 123 Å². The molecule has 2 atom stereocenters. The molecule has 150 valence electrons. The Morgan fingerprint density at radius 3 is 2.41 bits per heavy atom. The highest BCUT2D eigenvalue weighted by Crippen LogP contribution is 2.17. The molecule has 4 N–H and O–H groups in total. The molecule has 29 heavy (non-hydrogen) atoms. The van der Waals surface area contributed by atoms with Gasteiger partial charge in [-0.25, -0.2) is 0 Å². The molecular weight excluding hydrogens is 372 g/mol. The van der Waals surface area contributed by atoms with Gasteiger partial charge in [0.15, 0.2) is 17.3 Å². The summed E-state index contributed by atoms with van der Waals surface area (Å²) in [6, 6.07) is 14.7. The van der Waals surface area contributed by atoms with Crippen LogP contribution in [0.4, 0.5) is 0 Å². The quantitative estimate of drug-likeness (QED) is 0.561. The van der Waals surface area contributed by atoms with Crippen molar-refractivity contribution in [2.45, 2.75) is 31.9 Å². The number of aliphatic hydroxyl groups excluding tert-OH is 1. The first-order valence-corrected chi connectivity index (χ1v) is 9.29. The smallest absolute Gasteiger partial charge is 0.287 e. The van der Waals surface area contributed by atoms with Crippen LogP contribution in [0.25, 0.3) is 11.0 Å². The van der Waals surface area contributed by atoms with Crippen molar-refractivity contribution >= 4 is 22.8 Å². The van der Waals surface area contributed by atoms with Gasteiger partial charge in [-0.2, -0.15) is 0 Å². The molecule has 1 aromatic heterocycles. The predicted molar refractivity (Wildman–Crippen MR) is 108 cm³/mol. The lowest BCUT2D eigenvalue weighted by Crippen LogP contribution is -2.50. The normalized spacial score (nSPS) is 13.0. The first kappa shape index (κ1) is 20.3. The van der Waals surface area contributed by atoms with Crippen molar-refractivity contribution in [1.82, 2.24) is 5.32 Å². The third-order valence-electron chi connectivity index (χ3n) is 4.74. The maximum absolute atomic E-state index is 12.9. The number of hydrogen-bond donors (Lipinski definition) is 3. The van der Waals surface area contributed by atoms with E-state index in [1.54, 1.807) is 43.3 Å². The van der Waals surface area contributed by atoms with Gasteiger partial charge in [0.2, 0.25) is 5.91 Å². The molecule has 0 bridgehead atoms. The summed E-state index contributed by atoms with van der Waals surface area (Å²) in [6.45, 7) is 1.75. The number of para-hydroxylation sites is 1. The first-order valence-electron chi connectivity index (χ1n) is 9.29. The number of carbonyl (C=O) groups excluding carboxylic acids is 2. The Labute approximate surface area is 167 Å². The molecule has 0 spiro atoms. The minimum absolute atomic E-state index is 0.133. The fraction of sp³-hybridized carbons (Fsp3) is 0.227. The lowest BCUT2D eigenvalue weighted by Gasteiger charge is -2.22. The van der Waals surface area contributed by atoms with E-state index in [0.717, 1.165) is 5.56 Å². The number of rotatable bonds is 7. The highest BCUT2D eigenvalue weighted by molar-refractivity contribution is 5.95. The Morgan fingerprint density at radius 1 is 1.10 bits per heavy atom. The summed E-state index contributed by atoms with van der Waals surface area (Å²) in [5.74, 6) is -1.78. The van der Waals surface area contributed by atoms with Gasteiger partial charge in [-0.1, -0.05) is 49.4 Å². The summed E-state index contributed by atoms with van der Waals surface area (Å²) in [5.41, 5.74) is 6.28. The standard InChI is InChI=1S/C22H22N2O5/c1-2-14-18(25)15-10-6-7-11-17(15)29-20(14)22(28)24-16(19(26)21(23)27)12-13-8-4-3-5-9-13/h3-11,16,19,26H,2,12H2,1H3,(H2,23,27)(H,24,28)/t16-,19+/m0/s1. The van der Waals surface area contributed by atoms with Crippen LogP contribution in [-0.4, -0.2) is 29.1 Å². The van der Waals surface area contributed by atoms with E-state index in [9.17, 15) is 19.5 Å². The van der Waals surface area contributed by atoms with E-state index >= 15 is 0 Å². The zero-order chi connectivity index (χ0) is 21.0.